The zero-order valence-electron chi connectivity index (χ0n) is 8.66. The fourth-order valence-corrected chi connectivity index (χ4v) is 3.97. The Hall–Kier alpha value is -1.18. The second kappa shape index (κ2) is 4.25. The largest absolute Gasteiger partial charge is 0.480 e. The van der Waals surface area contributed by atoms with Gasteiger partial charge in [-0.2, -0.15) is 0 Å². The van der Waals surface area contributed by atoms with E-state index in [2.05, 4.69) is 15.3 Å². The Kier molecular flexibility index (Phi) is 2.73. The zero-order valence-corrected chi connectivity index (χ0v) is 10.3. The van der Waals surface area contributed by atoms with E-state index in [0.717, 1.165) is 15.2 Å². The summed E-state index contributed by atoms with van der Waals surface area (Å²) in [5.74, 6) is -0.225. The maximum atomic E-state index is 10.8. The highest BCUT2D eigenvalue weighted by Gasteiger charge is 2.32. The molecule has 7 heteroatoms. The normalized spacial score (nSPS) is 24.2. The lowest BCUT2D eigenvalue weighted by Gasteiger charge is -2.06. The average molecular weight is 267 g/mol. The van der Waals surface area contributed by atoms with Crippen LogP contribution >= 0.6 is 23.1 Å². The van der Waals surface area contributed by atoms with Gasteiger partial charge in [0.2, 0.25) is 0 Å². The van der Waals surface area contributed by atoms with Gasteiger partial charge < -0.3 is 5.11 Å². The minimum Gasteiger partial charge on any atom is -0.480 e. The molecule has 0 aromatic carbocycles. The van der Waals surface area contributed by atoms with E-state index in [4.69, 9.17) is 5.11 Å². The fraction of sp³-hybridized carbons (Fsp3) is 0.300. The number of nitrogens with one attached hydrogen (secondary N) is 1. The lowest BCUT2D eigenvalue weighted by Crippen LogP contribution is -2.33. The molecule has 1 fully saturated rings. The summed E-state index contributed by atoms with van der Waals surface area (Å²) in [5, 5.41) is 12.9. The number of pyridine rings is 1. The van der Waals surface area contributed by atoms with Crippen molar-refractivity contribution in [3.63, 3.8) is 0 Å². The van der Waals surface area contributed by atoms with Crippen LogP contribution in [-0.4, -0.2) is 32.8 Å². The minimum atomic E-state index is -0.803. The third-order valence-electron chi connectivity index (χ3n) is 2.51. The second-order valence-electron chi connectivity index (χ2n) is 3.67. The van der Waals surface area contributed by atoms with Crippen LogP contribution in [0.25, 0.3) is 10.2 Å². The number of aliphatic carboxylic acids is 1. The Balaban J connectivity index is 1.87. The SMILES string of the molecule is O=C(O)C1CSC(c2nc3ccncc3s2)N1. The fourth-order valence-electron chi connectivity index (χ4n) is 1.67. The van der Waals surface area contributed by atoms with Gasteiger partial charge in [-0.3, -0.25) is 15.1 Å². The van der Waals surface area contributed by atoms with Crippen molar-refractivity contribution in [3.8, 4) is 0 Å². The van der Waals surface area contributed by atoms with Crippen LogP contribution in [-0.2, 0) is 4.79 Å². The van der Waals surface area contributed by atoms with Crippen LogP contribution in [0, 0.1) is 0 Å². The molecule has 3 heterocycles. The van der Waals surface area contributed by atoms with E-state index in [1.807, 2.05) is 6.07 Å². The van der Waals surface area contributed by atoms with E-state index in [9.17, 15) is 4.79 Å². The molecule has 2 aromatic rings. The lowest BCUT2D eigenvalue weighted by atomic mass is 10.3. The number of nitrogens with zero attached hydrogens (tertiary/aromatic N) is 2. The number of carboxylic acid groups (broad SMARTS) is 1. The number of aromatic nitrogens is 2. The highest BCUT2D eigenvalue weighted by molar-refractivity contribution is 7.99. The van der Waals surface area contributed by atoms with Gasteiger partial charge >= 0.3 is 5.97 Å². The minimum absolute atomic E-state index is 0.0199. The Bertz CT molecular complexity index is 538. The Morgan fingerprint density at radius 1 is 1.59 bits per heavy atom. The van der Waals surface area contributed by atoms with Gasteiger partial charge in [0, 0.05) is 18.1 Å². The topological polar surface area (TPSA) is 75.1 Å². The van der Waals surface area contributed by atoms with Crippen molar-refractivity contribution in [3.05, 3.63) is 23.5 Å². The van der Waals surface area contributed by atoms with Gasteiger partial charge in [-0.05, 0) is 6.07 Å². The molecule has 0 bridgehead atoms. The lowest BCUT2D eigenvalue weighted by molar-refractivity contribution is -0.138. The number of rotatable bonds is 2. The first kappa shape index (κ1) is 10.9. The molecule has 0 aliphatic carbocycles. The third kappa shape index (κ3) is 2.01. The molecular weight excluding hydrogens is 258 g/mol. The number of hydrogen-bond donors (Lipinski definition) is 2. The van der Waals surface area contributed by atoms with Gasteiger partial charge in [-0.25, -0.2) is 4.98 Å². The standard InChI is InChI=1S/C10H9N3O2S2/c14-10(15)6-4-16-8(13-6)9-12-5-1-2-11-3-7(5)17-9/h1-3,6,8,13H,4H2,(H,14,15). The maximum absolute atomic E-state index is 10.8. The summed E-state index contributed by atoms with van der Waals surface area (Å²) in [6.07, 6.45) is 3.49. The van der Waals surface area contributed by atoms with Crippen LogP contribution in [0.2, 0.25) is 0 Å². The van der Waals surface area contributed by atoms with E-state index in [0.29, 0.717) is 5.75 Å². The second-order valence-corrected chi connectivity index (χ2v) is 5.87. The summed E-state index contributed by atoms with van der Waals surface area (Å²) in [5.41, 5.74) is 0.918. The Labute approximate surface area is 105 Å². The molecule has 1 aliphatic heterocycles. The molecule has 0 radical (unpaired) electrons. The number of hydrogen-bond acceptors (Lipinski definition) is 6. The van der Waals surface area contributed by atoms with Crippen molar-refractivity contribution in [2.75, 3.05) is 5.75 Å². The summed E-state index contributed by atoms with van der Waals surface area (Å²) >= 11 is 3.14. The summed E-state index contributed by atoms with van der Waals surface area (Å²) in [4.78, 5) is 19.4. The van der Waals surface area contributed by atoms with E-state index in [1.54, 1.807) is 35.5 Å². The molecule has 1 saturated heterocycles. The number of carbonyl (C=O) groups is 1. The highest BCUT2D eigenvalue weighted by Crippen LogP contribution is 2.36. The molecular formula is C10H9N3O2S2. The van der Waals surface area contributed by atoms with Crippen molar-refractivity contribution in [2.45, 2.75) is 11.4 Å². The number of thioether (sulfide) groups is 1. The molecule has 5 nitrogen and oxygen atoms in total. The Morgan fingerprint density at radius 2 is 2.47 bits per heavy atom. The molecule has 0 spiro atoms. The van der Waals surface area contributed by atoms with Gasteiger partial charge in [-0.1, -0.05) is 0 Å². The van der Waals surface area contributed by atoms with Crippen LogP contribution in [0.4, 0.5) is 0 Å². The smallest absolute Gasteiger partial charge is 0.321 e. The number of fused-ring (bicyclic) bond motifs is 1. The molecule has 2 N–H and O–H groups in total. The molecule has 2 aromatic heterocycles. The summed E-state index contributed by atoms with van der Waals surface area (Å²) in [7, 11) is 0. The monoisotopic (exact) mass is 267 g/mol. The summed E-state index contributed by atoms with van der Waals surface area (Å²) < 4.78 is 1.03. The predicted molar refractivity (Wildman–Crippen MR) is 67.2 cm³/mol. The first-order valence-corrected chi connectivity index (χ1v) is 6.91. The summed E-state index contributed by atoms with van der Waals surface area (Å²) in [6, 6.07) is 1.39. The van der Waals surface area contributed by atoms with Crippen LogP contribution in [0.3, 0.4) is 0 Å². The molecule has 2 unspecified atom stereocenters. The van der Waals surface area contributed by atoms with Gasteiger partial charge in [0.15, 0.2) is 0 Å². The molecule has 2 atom stereocenters. The van der Waals surface area contributed by atoms with Crippen LogP contribution in [0.5, 0.6) is 0 Å². The van der Waals surface area contributed by atoms with E-state index in [-0.39, 0.29) is 5.37 Å². The number of thiazole rings is 1. The Morgan fingerprint density at radius 3 is 3.18 bits per heavy atom. The van der Waals surface area contributed by atoms with E-state index < -0.39 is 12.0 Å². The van der Waals surface area contributed by atoms with Gasteiger partial charge in [0.1, 0.15) is 16.4 Å². The molecule has 1 aliphatic rings. The van der Waals surface area contributed by atoms with Gasteiger partial charge in [0.25, 0.3) is 0 Å². The van der Waals surface area contributed by atoms with Crippen molar-refractivity contribution in [1.29, 1.82) is 0 Å². The molecule has 0 saturated carbocycles. The highest BCUT2D eigenvalue weighted by atomic mass is 32.2. The van der Waals surface area contributed by atoms with Crippen molar-refractivity contribution in [1.82, 2.24) is 15.3 Å². The first-order chi connectivity index (χ1) is 8.24. The van der Waals surface area contributed by atoms with Crippen molar-refractivity contribution < 1.29 is 9.90 Å². The molecule has 3 rings (SSSR count). The van der Waals surface area contributed by atoms with Crippen LogP contribution in [0.15, 0.2) is 18.5 Å². The maximum Gasteiger partial charge on any atom is 0.321 e. The van der Waals surface area contributed by atoms with Crippen molar-refractivity contribution in [2.24, 2.45) is 0 Å². The summed E-state index contributed by atoms with van der Waals surface area (Å²) in [6.45, 7) is 0. The zero-order chi connectivity index (χ0) is 11.8. The van der Waals surface area contributed by atoms with Crippen molar-refractivity contribution >= 4 is 39.3 Å². The number of carboxylic acids is 1. The molecule has 0 amide bonds. The predicted octanol–water partition coefficient (Wildman–Crippen LogP) is 1.48. The molecule has 88 valence electrons. The molecule has 17 heavy (non-hydrogen) atoms. The van der Waals surface area contributed by atoms with E-state index in [1.165, 1.54) is 0 Å². The van der Waals surface area contributed by atoms with Gasteiger partial charge in [-0.15, -0.1) is 23.1 Å². The average Bonchev–Trinajstić information content (AvgIpc) is 2.95. The van der Waals surface area contributed by atoms with Crippen LogP contribution in [0.1, 0.15) is 10.4 Å². The third-order valence-corrected chi connectivity index (χ3v) is 4.95. The van der Waals surface area contributed by atoms with Crippen LogP contribution < -0.4 is 5.32 Å². The van der Waals surface area contributed by atoms with Gasteiger partial charge in [0.05, 0.1) is 10.2 Å². The first-order valence-electron chi connectivity index (χ1n) is 5.05. The van der Waals surface area contributed by atoms with E-state index >= 15 is 0 Å². The quantitative estimate of drug-likeness (QED) is 0.858.